The number of fused-ring (bicyclic) bond motifs is 6. The van der Waals surface area contributed by atoms with Gasteiger partial charge in [0, 0.05) is 65.3 Å². The van der Waals surface area contributed by atoms with Gasteiger partial charge in [0.2, 0.25) is 55.4 Å². The summed E-state index contributed by atoms with van der Waals surface area (Å²) in [5.41, 5.74) is -8.51. The molecule has 4 aromatic rings. The average molecular weight is 1540 g/mol. The van der Waals surface area contributed by atoms with E-state index in [-0.39, 0.29) is 75.2 Å². The summed E-state index contributed by atoms with van der Waals surface area (Å²) in [5, 5.41) is 2.81. The zero-order valence-electron chi connectivity index (χ0n) is 75.1. The maximum atomic E-state index is 15.0. The molecule has 2 unspecified atom stereocenters. The minimum absolute atomic E-state index is 0.0101. The minimum Gasteiger partial charge on any atom is -0.497 e. The van der Waals surface area contributed by atoms with Crippen LogP contribution >= 0.6 is 0 Å². The zero-order chi connectivity index (χ0) is 88.4. The Labute approximate surface area is 652 Å². The molecule has 24 nitrogen and oxygen atoms in total. The van der Waals surface area contributed by atoms with Crippen molar-refractivity contribution in [2.75, 3.05) is 27.3 Å². The fourth-order valence-electron chi connectivity index (χ4n) is 16.1. The van der Waals surface area contributed by atoms with Gasteiger partial charge in [0.05, 0.1) is 84.4 Å². The summed E-state index contributed by atoms with van der Waals surface area (Å²) >= 11 is 0. The second kappa shape index (κ2) is 31.4. The highest BCUT2D eigenvalue weighted by Gasteiger charge is 2.65. The van der Waals surface area contributed by atoms with Crippen LogP contribution in [0.4, 0.5) is 0 Å². The number of methoxy groups -OCH3 is 2. The Balaban J connectivity index is 0.000000235. The first kappa shape index (κ1) is 65.8. The Morgan fingerprint density at radius 2 is 0.954 bits per heavy atom. The van der Waals surface area contributed by atoms with Crippen molar-refractivity contribution in [3.05, 3.63) is 85.2 Å². The van der Waals surface area contributed by atoms with E-state index in [2.05, 4.69) is 19.4 Å². The van der Waals surface area contributed by atoms with Crippen LogP contribution in [0.15, 0.2) is 85.2 Å². The van der Waals surface area contributed by atoms with Crippen LogP contribution in [-0.2, 0) is 67.9 Å². The number of hydrogen-bond donors (Lipinski definition) is 2. The maximum absolute atomic E-state index is 15.0. The third-order valence-electron chi connectivity index (χ3n) is 23.4. The summed E-state index contributed by atoms with van der Waals surface area (Å²) in [6.45, 7) is -0.888. The molecule has 0 spiro atoms. The molecule has 26 heteroatoms. The molecule has 6 fully saturated rings. The molecule has 2 saturated heterocycles. The number of nitrogens with one attached hydrogen (secondary N) is 2. The number of sulfonamides is 2. The number of Topliss-reactive ketones (excluding diaryl/α,β-unsaturated/α-hetero) is 2. The van der Waals surface area contributed by atoms with Gasteiger partial charge in [-0.25, -0.2) is 26.8 Å². The predicted molar refractivity (Wildman–Crippen MR) is 406 cm³/mol. The number of carbonyl (C=O) groups is 8. The van der Waals surface area contributed by atoms with Crippen LogP contribution in [0.2, 0.25) is 0 Å². The van der Waals surface area contributed by atoms with Crippen molar-refractivity contribution >= 4 is 88.7 Å². The van der Waals surface area contributed by atoms with E-state index in [9.17, 15) is 45.6 Å². The first-order valence-corrected chi connectivity index (χ1v) is 40.4. The second-order valence-electron chi connectivity index (χ2n) is 32.6. The van der Waals surface area contributed by atoms with Gasteiger partial charge in [-0.15, -0.1) is 0 Å². The first-order valence-electron chi connectivity index (χ1n) is 43.4. The van der Waals surface area contributed by atoms with E-state index in [1.54, 1.807) is 103 Å². The van der Waals surface area contributed by atoms with Gasteiger partial charge in [0.15, 0.2) is 11.6 Å². The average Bonchev–Trinajstić information content (AvgIpc) is 1.57. The van der Waals surface area contributed by atoms with E-state index < -0.39 is 199 Å². The normalized spacial score (nSPS) is 32.7. The van der Waals surface area contributed by atoms with Crippen LogP contribution in [0, 0.1) is 58.2 Å². The number of benzene rings is 2. The summed E-state index contributed by atoms with van der Waals surface area (Å²) < 4.78 is 185. The van der Waals surface area contributed by atoms with Crippen LogP contribution in [0.5, 0.6) is 23.3 Å². The monoisotopic (exact) mass is 1540 g/mol. The Morgan fingerprint density at radius 1 is 0.574 bits per heavy atom. The van der Waals surface area contributed by atoms with Crippen molar-refractivity contribution in [3.8, 4) is 23.3 Å². The van der Waals surface area contributed by atoms with Gasteiger partial charge in [-0.3, -0.25) is 47.8 Å². The molecule has 588 valence electrons. The largest absolute Gasteiger partial charge is 0.497 e. The molecule has 4 saturated carbocycles. The smallest absolute Gasteiger partial charge is 0.307 e. The van der Waals surface area contributed by atoms with Crippen LogP contribution in [0.1, 0.15) is 215 Å². The summed E-state index contributed by atoms with van der Waals surface area (Å²) in [6.07, 6.45) is 12.4. The first-order chi connectivity index (χ1) is 55.7. The number of allylic oxidation sites excluding steroid dienone is 4. The van der Waals surface area contributed by atoms with Crippen molar-refractivity contribution in [1.29, 1.82) is 0 Å². The molecular weight excluding hydrogens is 1420 g/mol. The van der Waals surface area contributed by atoms with E-state index in [0.717, 1.165) is 24.6 Å². The molecule has 14 atom stereocenters. The number of ether oxygens (including phenoxy) is 6. The predicted octanol–water partition coefficient (Wildman–Crippen LogP) is 11.8. The molecule has 6 heterocycles. The maximum Gasteiger partial charge on any atom is 0.307 e. The fraction of sp³-hybridized carbons (Fsp3) is 0.634. The number of carbonyl (C=O) groups excluding carboxylic acids is 8. The molecule has 2 N–H and O–H groups in total. The van der Waals surface area contributed by atoms with Crippen LogP contribution in [-0.4, -0.2) is 156 Å². The Kier molecular flexibility index (Phi) is 19.1. The van der Waals surface area contributed by atoms with E-state index in [1.807, 2.05) is 38.2 Å². The van der Waals surface area contributed by atoms with Crippen molar-refractivity contribution in [2.45, 2.75) is 243 Å². The fourth-order valence-corrected chi connectivity index (χ4v) is 18.7. The summed E-state index contributed by atoms with van der Waals surface area (Å²) in [4.78, 5) is 126. The molecule has 4 aliphatic carbocycles. The van der Waals surface area contributed by atoms with Crippen molar-refractivity contribution < 1.29 is 100 Å². The third-order valence-corrected chi connectivity index (χ3v) is 27.7. The highest BCUT2D eigenvalue weighted by atomic mass is 32.2. The highest BCUT2D eigenvalue weighted by molar-refractivity contribution is 7.92. The summed E-state index contributed by atoms with van der Waals surface area (Å²) in [7, 11) is -4.98. The lowest BCUT2D eigenvalue weighted by Crippen LogP contribution is -2.48. The number of amides is 4. The second-order valence-corrected chi connectivity index (χ2v) is 37.0. The van der Waals surface area contributed by atoms with E-state index in [1.165, 1.54) is 9.80 Å². The molecule has 8 aliphatic rings. The topological polar surface area (TPSA) is 317 Å². The number of esters is 2. The van der Waals surface area contributed by atoms with E-state index in [4.69, 9.17) is 44.9 Å². The molecule has 12 rings (SSSR count). The van der Waals surface area contributed by atoms with Gasteiger partial charge in [0.25, 0.3) is 0 Å². The van der Waals surface area contributed by atoms with Gasteiger partial charge < -0.3 is 38.2 Å². The van der Waals surface area contributed by atoms with Crippen molar-refractivity contribution in [1.82, 2.24) is 29.2 Å². The third kappa shape index (κ3) is 18.4. The lowest BCUT2D eigenvalue weighted by atomic mass is 9.82. The molecule has 0 bridgehead atoms. The molecule has 0 radical (unpaired) electrons. The molecular formula is C82H110N6O18S2. The van der Waals surface area contributed by atoms with Crippen molar-refractivity contribution in [2.24, 2.45) is 58.2 Å². The van der Waals surface area contributed by atoms with Crippen molar-refractivity contribution in [3.63, 3.8) is 0 Å². The molecule has 108 heavy (non-hydrogen) atoms. The van der Waals surface area contributed by atoms with Crippen LogP contribution < -0.4 is 28.4 Å². The van der Waals surface area contributed by atoms with Gasteiger partial charge in [0.1, 0.15) is 34.9 Å². The van der Waals surface area contributed by atoms with Crippen LogP contribution in [0.25, 0.3) is 21.5 Å². The van der Waals surface area contributed by atoms with Gasteiger partial charge >= 0.3 is 11.9 Å². The van der Waals surface area contributed by atoms with E-state index in [0.29, 0.717) is 86.5 Å². The Hall–Kier alpha value is -8.00. The van der Waals surface area contributed by atoms with Gasteiger partial charge in [-0.2, -0.15) is 0 Å². The number of ketones is 2. The van der Waals surface area contributed by atoms with Gasteiger partial charge in [-0.05, 0) is 227 Å². The summed E-state index contributed by atoms with van der Waals surface area (Å²) in [5.74, 6) is -8.71. The molecule has 2 aromatic carbocycles. The van der Waals surface area contributed by atoms with E-state index >= 15 is 9.59 Å². The van der Waals surface area contributed by atoms with Crippen LogP contribution in [0.3, 0.4) is 0 Å². The zero-order valence-corrected chi connectivity index (χ0v) is 64.7. The quantitative estimate of drug-likeness (QED) is 0.0777. The molecule has 4 amide bonds. The molecule has 2 aromatic heterocycles. The molecule has 4 aliphatic heterocycles. The Bertz CT molecular complexity index is 4590. The number of pyridine rings is 2. The SMILES string of the molecule is [2H]C([2H])([2H])C(C)(OC(=O)C[C@@H]1C(=O)N2C[C@H](Oc3nccc4cc(OC)ccc34)CC2C(=O)C[C@]2(C(=O)NS(=O)(=O)C3(C)CC3)C[C@H]2/C=C\CC[C@@H](C)C[C@H]1C)C([2H])([2H])[2H].[2H]C([2H])([2H])C(C)(OC(=O)C[C@@H]1C(=O)N2C[C@H](Oc3nccc4cc(OC)ccc34)CC2C(=O)C[C@]2(C(=O)NS(=O)(=O)C3(C)CC3)C[C@H]2/C=C\CC[C@H](C)C[C@H]1C)C([2H])([2H])[2H]. The minimum atomic E-state index is -4.03. The lowest BCUT2D eigenvalue weighted by Gasteiger charge is -2.32. The standard InChI is InChI=1S/2C41H55N3O9S/c2*1-25-10-8-9-11-28-22-41(28,38(48)43-54(49,50)40(6)15-16-40)23-34(45)33-20-30(52-36-31-13-12-29(51-7)19-27(31)14-17-42-36)24-44(33)37(47)32(26(2)18-25)21-35(46)53-39(3,4)5/h2*9,11-14,17,19,25-26,28,30,32-33H,8,10,15-16,18,20-24H2,1-7H3,(H,43,48)/b2*11-9-/t25-,26+,28+,30+,32-,33?,41+;25-,26-,28-,30-,32+,33?,41-/m01/s1/i2*3D3,4D3. The lowest BCUT2D eigenvalue weighted by molar-refractivity contribution is -0.160. The number of aromatic nitrogens is 2. The van der Waals surface area contributed by atoms with Gasteiger partial charge in [-0.1, -0.05) is 52.0 Å². The highest BCUT2D eigenvalue weighted by Crippen LogP contribution is 2.59. The summed E-state index contributed by atoms with van der Waals surface area (Å²) in [6, 6.07) is 11.9. The Morgan fingerprint density at radius 3 is 1.31 bits per heavy atom. The number of rotatable bonds is 16. The number of hydrogen-bond acceptors (Lipinski definition) is 20. The number of nitrogens with zero attached hydrogens (tertiary/aromatic N) is 4.